The van der Waals surface area contributed by atoms with Gasteiger partial charge in [0.15, 0.2) is 0 Å². The molecule has 1 aromatic heterocycles. The summed E-state index contributed by atoms with van der Waals surface area (Å²) in [5, 5.41) is 2.80. The number of hydrogen-bond acceptors (Lipinski definition) is 3. The van der Waals surface area contributed by atoms with Crippen LogP contribution in [-0.4, -0.2) is 22.1 Å². The Kier molecular flexibility index (Phi) is 6.80. The fourth-order valence-corrected chi connectivity index (χ4v) is 3.68. The van der Waals surface area contributed by atoms with Crippen molar-refractivity contribution in [2.75, 3.05) is 6.61 Å². The summed E-state index contributed by atoms with van der Waals surface area (Å²) in [7, 11) is 0. The van der Waals surface area contributed by atoms with Crippen LogP contribution in [0.4, 0.5) is 4.39 Å². The Balaban J connectivity index is 1.39. The highest BCUT2D eigenvalue weighted by atomic mass is 19.1. The van der Waals surface area contributed by atoms with Crippen LogP contribution in [0.1, 0.15) is 34.6 Å². The minimum atomic E-state index is -0.535. The molecular formula is C26H26FN3O2. The van der Waals surface area contributed by atoms with Gasteiger partial charge >= 0.3 is 0 Å². The van der Waals surface area contributed by atoms with Crippen LogP contribution in [0.25, 0.3) is 11.0 Å². The molecule has 4 aromatic rings. The highest BCUT2D eigenvalue weighted by Gasteiger charge is 2.14. The third-order valence-corrected chi connectivity index (χ3v) is 5.39. The van der Waals surface area contributed by atoms with Gasteiger partial charge in [0.25, 0.3) is 5.91 Å². The van der Waals surface area contributed by atoms with E-state index in [-0.39, 0.29) is 12.1 Å². The Bertz CT molecular complexity index is 1220. The first-order valence-corrected chi connectivity index (χ1v) is 10.8. The van der Waals surface area contributed by atoms with Crippen molar-refractivity contribution in [1.29, 1.82) is 0 Å². The van der Waals surface area contributed by atoms with E-state index in [4.69, 9.17) is 4.74 Å². The average molecular weight is 432 g/mol. The fraction of sp³-hybridized carbons (Fsp3) is 0.231. The molecule has 1 amide bonds. The van der Waals surface area contributed by atoms with Crippen LogP contribution in [0.5, 0.6) is 5.75 Å². The molecule has 0 fully saturated rings. The second kappa shape index (κ2) is 10.1. The van der Waals surface area contributed by atoms with Gasteiger partial charge in [0, 0.05) is 6.54 Å². The molecule has 0 saturated carbocycles. The zero-order chi connectivity index (χ0) is 22.3. The number of hydrogen-bond donors (Lipinski definition) is 1. The molecule has 0 bridgehead atoms. The van der Waals surface area contributed by atoms with Crippen LogP contribution in [0, 0.1) is 12.7 Å². The lowest BCUT2D eigenvalue weighted by atomic mass is 10.2. The lowest BCUT2D eigenvalue weighted by Gasteiger charge is -2.12. The van der Waals surface area contributed by atoms with Gasteiger partial charge in [0.05, 0.1) is 29.7 Å². The van der Waals surface area contributed by atoms with Crippen LogP contribution in [0.3, 0.4) is 0 Å². The molecule has 0 aliphatic carbocycles. The van der Waals surface area contributed by atoms with Gasteiger partial charge in [-0.3, -0.25) is 4.79 Å². The standard InChI is InChI=1S/C26H26FN3O2/c1-19-10-2-7-15-24(19)32-17-9-8-16-30-23-14-6-5-13-22(23)29-25(30)18-28-26(31)20-11-3-4-12-21(20)27/h2-7,10-15H,8-9,16-18H2,1H3,(H,28,31). The first kappa shape index (κ1) is 21.6. The molecule has 0 saturated heterocycles. The number of para-hydroxylation sites is 3. The SMILES string of the molecule is Cc1ccccc1OCCCCn1c(CNC(=O)c2ccccc2F)nc2ccccc21. The van der Waals surface area contributed by atoms with Crippen molar-refractivity contribution in [2.24, 2.45) is 0 Å². The largest absolute Gasteiger partial charge is 0.493 e. The van der Waals surface area contributed by atoms with Crippen LogP contribution in [-0.2, 0) is 13.1 Å². The van der Waals surface area contributed by atoms with Crippen LogP contribution >= 0.6 is 0 Å². The molecule has 1 N–H and O–H groups in total. The van der Waals surface area contributed by atoms with E-state index in [2.05, 4.69) is 14.9 Å². The van der Waals surface area contributed by atoms with Gasteiger partial charge in [0.2, 0.25) is 0 Å². The van der Waals surface area contributed by atoms with E-state index in [1.54, 1.807) is 12.1 Å². The zero-order valence-corrected chi connectivity index (χ0v) is 18.1. The van der Waals surface area contributed by atoms with E-state index in [0.29, 0.717) is 6.61 Å². The van der Waals surface area contributed by atoms with Crippen molar-refractivity contribution >= 4 is 16.9 Å². The van der Waals surface area contributed by atoms with Crippen LogP contribution < -0.4 is 10.1 Å². The maximum atomic E-state index is 13.9. The number of unbranched alkanes of at least 4 members (excludes halogenated alkanes) is 1. The van der Waals surface area contributed by atoms with E-state index in [0.717, 1.165) is 47.6 Å². The number of nitrogens with zero attached hydrogens (tertiary/aromatic N) is 2. The summed E-state index contributed by atoms with van der Waals surface area (Å²) in [6, 6.07) is 21.8. The Hall–Kier alpha value is -3.67. The number of rotatable bonds is 9. The number of carbonyl (C=O) groups is 1. The van der Waals surface area contributed by atoms with Crippen molar-refractivity contribution in [1.82, 2.24) is 14.9 Å². The van der Waals surface area contributed by atoms with Gasteiger partial charge in [-0.15, -0.1) is 0 Å². The highest BCUT2D eigenvalue weighted by molar-refractivity contribution is 5.94. The van der Waals surface area contributed by atoms with Crippen LogP contribution in [0.15, 0.2) is 72.8 Å². The molecule has 164 valence electrons. The Morgan fingerprint density at radius 3 is 2.59 bits per heavy atom. The third kappa shape index (κ3) is 4.97. The van der Waals surface area contributed by atoms with Gasteiger partial charge in [-0.2, -0.15) is 0 Å². The number of ether oxygens (including phenoxy) is 1. The number of nitrogens with one attached hydrogen (secondary N) is 1. The molecule has 6 heteroatoms. The summed E-state index contributed by atoms with van der Waals surface area (Å²) < 4.78 is 21.9. The molecule has 0 spiro atoms. The predicted molar refractivity (Wildman–Crippen MR) is 123 cm³/mol. The van der Waals surface area contributed by atoms with E-state index in [1.165, 1.54) is 12.1 Å². The topological polar surface area (TPSA) is 56.1 Å². The number of aromatic nitrogens is 2. The number of imidazole rings is 1. The van der Waals surface area contributed by atoms with E-state index < -0.39 is 11.7 Å². The fourth-order valence-electron chi connectivity index (χ4n) is 3.68. The van der Waals surface area contributed by atoms with Crippen molar-refractivity contribution in [3.8, 4) is 5.75 Å². The number of aryl methyl sites for hydroxylation is 2. The van der Waals surface area contributed by atoms with Gasteiger partial charge < -0.3 is 14.6 Å². The van der Waals surface area contributed by atoms with Gasteiger partial charge in [0.1, 0.15) is 17.4 Å². The molecule has 5 nitrogen and oxygen atoms in total. The van der Waals surface area contributed by atoms with E-state index in [9.17, 15) is 9.18 Å². The molecule has 3 aromatic carbocycles. The summed E-state index contributed by atoms with van der Waals surface area (Å²) in [6.07, 6.45) is 1.79. The number of carbonyl (C=O) groups excluding carboxylic acids is 1. The normalized spacial score (nSPS) is 10.9. The molecule has 4 rings (SSSR count). The predicted octanol–water partition coefficient (Wildman–Crippen LogP) is 5.27. The Labute approximate surface area is 186 Å². The van der Waals surface area contributed by atoms with Crippen molar-refractivity contribution in [3.05, 3.63) is 95.6 Å². The monoisotopic (exact) mass is 431 g/mol. The lowest BCUT2D eigenvalue weighted by molar-refractivity contribution is 0.0945. The maximum Gasteiger partial charge on any atom is 0.254 e. The highest BCUT2D eigenvalue weighted by Crippen LogP contribution is 2.19. The summed E-state index contributed by atoms with van der Waals surface area (Å²) in [6.45, 7) is 3.65. The van der Waals surface area contributed by atoms with Gasteiger partial charge in [-0.1, -0.05) is 42.5 Å². The number of fused-ring (bicyclic) bond motifs is 1. The van der Waals surface area contributed by atoms with Crippen molar-refractivity contribution in [3.63, 3.8) is 0 Å². The van der Waals surface area contributed by atoms with Crippen LogP contribution in [0.2, 0.25) is 0 Å². The maximum absolute atomic E-state index is 13.9. The van der Waals surface area contributed by atoms with Gasteiger partial charge in [-0.25, -0.2) is 9.37 Å². The van der Waals surface area contributed by atoms with Crippen molar-refractivity contribution in [2.45, 2.75) is 32.9 Å². The molecular weight excluding hydrogens is 405 g/mol. The molecule has 0 atom stereocenters. The second-order valence-electron chi connectivity index (χ2n) is 7.65. The summed E-state index contributed by atoms with van der Waals surface area (Å²) >= 11 is 0. The molecule has 1 heterocycles. The first-order chi connectivity index (χ1) is 15.6. The Morgan fingerprint density at radius 2 is 1.75 bits per heavy atom. The second-order valence-corrected chi connectivity index (χ2v) is 7.65. The summed E-state index contributed by atoms with van der Waals surface area (Å²) in [5.41, 5.74) is 3.05. The van der Waals surface area contributed by atoms with Gasteiger partial charge in [-0.05, 0) is 55.7 Å². The quantitative estimate of drug-likeness (QED) is 0.367. The zero-order valence-electron chi connectivity index (χ0n) is 18.1. The van der Waals surface area contributed by atoms with Crippen molar-refractivity contribution < 1.29 is 13.9 Å². The van der Waals surface area contributed by atoms with E-state index in [1.807, 2.05) is 55.5 Å². The number of halogens is 1. The molecule has 32 heavy (non-hydrogen) atoms. The average Bonchev–Trinajstić information content (AvgIpc) is 3.16. The minimum absolute atomic E-state index is 0.0310. The molecule has 0 aliphatic rings. The summed E-state index contributed by atoms with van der Waals surface area (Å²) in [4.78, 5) is 17.1. The number of benzene rings is 3. The third-order valence-electron chi connectivity index (χ3n) is 5.39. The lowest BCUT2D eigenvalue weighted by Crippen LogP contribution is -2.25. The Morgan fingerprint density at radius 1 is 1.00 bits per heavy atom. The molecule has 0 aliphatic heterocycles. The molecule has 0 radical (unpaired) electrons. The first-order valence-electron chi connectivity index (χ1n) is 10.8. The minimum Gasteiger partial charge on any atom is -0.493 e. The molecule has 0 unspecified atom stereocenters. The smallest absolute Gasteiger partial charge is 0.254 e. The van der Waals surface area contributed by atoms with E-state index >= 15 is 0 Å². The number of amides is 1. The summed E-state index contributed by atoms with van der Waals surface area (Å²) in [5.74, 6) is 0.674.